The van der Waals surface area contributed by atoms with E-state index in [2.05, 4.69) is 25.5 Å². The first-order valence-corrected chi connectivity index (χ1v) is 10.7. The van der Waals surface area contributed by atoms with Crippen molar-refractivity contribution in [3.05, 3.63) is 53.4 Å². The highest BCUT2D eigenvalue weighted by atomic mass is 32.1. The molecule has 0 bridgehead atoms. The summed E-state index contributed by atoms with van der Waals surface area (Å²) in [4.78, 5) is 21.6. The van der Waals surface area contributed by atoms with Crippen LogP contribution in [0.2, 0.25) is 0 Å². The Morgan fingerprint density at radius 1 is 1.27 bits per heavy atom. The van der Waals surface area contributed by atoms with Crippen molar-refractivity contribution in [1.29, 1.82) is 0 Å². The Hall–Kier alpha value is -3.93. The number of furan rings is 1. The smallest absolute Gasteiger partial charge is 0.264 e. The fraction of sp³-hybridized carbons (Fsp3) is 0.190. The number of aromatic nitrogens is 6. The first kappa shape index (κ1) is 20.9. The summed E-state index contributed by atoms with van der Waals surface area (Å²) in [5.74, 6) is -0.0618. The van der Waals surface area contributed by atoms with Crippen LogP contribution in [-0.2, 0) is 18.4 Å². The van der Waals surface area contributed by atoms with Crippen LogP contribution in [0.3, 0.4) is 0 Å². The molecule has 12 heteroatoms. The molecule has 1 amide bonds. The van der Waals surface area contributed by atoms with Gasteiger partial charge < -0.3 is 9.73 Å². The number of hydrogen-bond donors (Lipinski definition) is 1. The van der Waals surface area contributed by atoms with Gasteiger partial charge in [-0.05, 0) is 31.2 Å². The third-order valence-electron chi connectivity index (χ3n) is 5.04. The lowest BCUT2D eigenvalue weighted by Crippen LogP contribution is -2.19. The zero-order valence-corrected chi connectivity index (χ0v) is 18.3. The van der Waals surface area contributed by atoms with Gasteiger partial charge in [0.25, 0.3) is 6.43 Å². The zero-order chi connectivity index (χ0) is 23.1. The Morgan fingerprint density at radius 2 is 2.12 bits per heavy atom. The molecule has 0 aliphatic heterocycles. The molecule has 0 aliphatic carbocycles. The molecule has 0 spiro atoms. The maximum absolute atomic E-state index is 13.8. The molecule has 33 heavy (non-hydrogen) atoms. The zero-order valence-electron chi connectivity index (χ0n) is 17.5. The average molecular weight is 469 g/mol. The lowest BCUT2D eigenvalue weighted by Gasteiger charge is -2.07. The van der Waals surface area contributed by atoms with Crippen molar-refractivity contribution >= 4 is 33.4 Å². The maximum atomic E-state index is 13.8. The normalized spacial score (nSPS) is 11.5. The Balaban J connectivity index is 1.45. The first-order valence-electron chi connectivity index (χ1n) is 9.84. The van der Waals surface area contributed by atoms with Crippen LogP contribution in [-0.4, -0.2) is 35.4 Å². The highest BCUT2D eigenvalue weighted by Gasteiger charge is 2.23. The molecule has 0 fully saturated rings. The van der Waals surface area contributed by atoms with Crippen LogP contribution in [0.15, 0.2) is 46.5 Å². The molecular weight excluding hydrogens is 452 g/mol. The number of nitrogens with zero attached hydrogens (tertiary/aromatic N) is 6. The van der Waals surface area contributed by atoms with Crippen molar-refractivity contribution in [3.8, 4) is 22.8 Å². The van der Waals surface area contributed by atoms with Gasteiger partial charge in [0.2, 0.25) is 5.91 Å². The minimum absolute atomic E-state index is 0.182. The molecule has 5 aromatic rings. The van der Waals surface area contributed by atoms with Crippen molar-refractivity contribution in [2.75, 3.05) is 5.32 Å². The number of nitrogens with one attached hydrogen (secondary N) is 1. The third-order valence-corrected chi connectivity index (χ3v) is 5.80. The first-order chi connectivity index (χ1) is 15.9. The fourth-order valence-electron chi connectivity index (χ4n) is 3.59. The van der Waals surface area contributed by atoms with Crippen LogP contribution in [0.1, 0.15) is 17.7 Å². The molecule has 0 atom stereocenters. The number of pyridine rings is 1. The summed E-state index contributed by atoms with van der Waals surface area (Å²) >= 11 is 1.27. The van der Waals surface area contributed by atoms with Gasteiger partial charge in [-0.3, -0.25) is 9.48 Å². The number of thiazole rings is 1. The van der Waals surface area contributed by atoms with Gasteiger partial charge in [-0.15, -0.1) is 11.3 Å². The average Bonchev–Trinajstić information content (AvgIpc) is 3.56. The van der Waals surface area contributed by atoms with Gasteiger partial charge in [-0.25, -0.2) is 23.4 Å². The van der Waals surface area contributed by atoms with Gasteiger partial charge in [-0.2, -0.15) is 10.2 Å². The Kier molecular flexibility index (Phi) is 5.21. The molecule has 5 aromatic heterocycles. The fourth-order valence-corrected chi connectivity index (χ4v) is 4.31. The predicted octanol–water partition coefficient (Wildman–Crippen LogP) is 4.43. The van der Waals surface area contributed by atoms with Crippen molar-refractivity contribution in [2.24, 2.45) is 7.05 Å². The number of carbonyl (C=O) groups excluding carboxylic acids is 1. The van der Waals surface area contributed by atoms with E-state index in [9.17, 15) is 13.6 Å². The molecule has 0 radical (unpaired) electrons. The molecule has 5 heterocycles. The third kappa shape index (κ3) is 3.89. The minimum Gasteiger partial charge on any atom is -0.463 e. The standard InChI is InChI=1S/C21H17F2N7O2S/c1-11-18-12(19(22)23)8-13(16-4-3-7-32-16)25-20(18)30(28-11)9-17(31)27-21-26-14(10-33-21)15-5-6-24-29(15)2/h3-8,10,19H,9H2,1-2H3,(H,26,27,31). The monoisotopic (exact) mass is 469 g/mol. The van der Waals surface area contributed by atoms with Gasteiger partial charge in [0.05, 0.1) is 23.0 Å². The van der Waals surface area contributed by atoms with E-state index in [-0.39, 0.29) is 28.8 Å². The molecule has 1 N–H and O–H groups in total. The second-order valence-corrected chi connectivity index (χ2v) is 8.10. The van der Waals surface area contributed by atoms with E-state index in [1.165, 1.54) is 28.3 Å². The second kappa shape index (κ2) is 8.20. The number of halogens is 2. The highest BCUT2D eigenvalue weighted by molar-refractivity contribution is 7.14. The number of carbonyl (C=O) groups is 1. The molecule has 0 saturated heterocycles. The lowest BCUT2D eigenvalue weighted by molar-refractivity contribution is -0.116. The number of alkyl halides is 2. The summed E-state index contributed by atoms with van der Waals surface area (Å²) in [6, 6.07) is 6.39. The molecule has 168 valence electrons. The molecule has 0 unspecified atom stereocenters. The van der Waals surface area contributed by atoms with Crippen LogP contribution < -0.4 is 5.32 Å². The molecule has 5 rings (SSSR count). The molecule has 0 aromatic carbocycles. The molecule has 0 aliphatic rings. The number of aryl methyl sites for hydroxylation is 2. The van der Waals surface area contributed by atoms with Gasteiger partial charge in [0, 0.05) is 24.2 Å². The SMILES string of the molecule is Cc1nn(CC(=O)Nc2nc(-c3ccnn3C)cs2)c2nc(-c3ccco3)cc(C(F)F)c12. The number of rotatable bonds is 6. The topological polar surface area (TPSA) is 104 Å². The van der Waals surface area contributed by atoms with Crippen molar-refractivity contribution < 1.29 is 18.0 Å². The van der Waals surface area contributed by atoms with Gasteiger partial charge >= 0.3 is 0 Å². The number of hydrogen-bond acceptors (Lipinski definition) is 7. The summed E-state index contributed by atoms with van der Waals surface area (Å²) < 4.78 is 36.0. The molecular formula is C21H17F2N7O2S. The summed E-state index contributed by atoms with van der Waals surface area (Å²) in [6.45, 7) is 1.39. The van der Waals surface area contributed by atoms with Gasteiger partial charge in [0.1, 0.15) is 17.9 Å². The van der Waals surface area contributed by atoms with Crippen molar-refractivity contribution in [2.45, 2.75) is 19.9 Å². The van der Waals surface area contributed by atoms with E-state index >= 15 is 0 Å². The van der Waals surface area contributed by atoms with Crippen LogP contribution in [0.25, 0.3) is 33.9 Å². The van der Waals surface area contributed by atoms with E-state index in [1.54, 1.807) is 37.0 Å². The second-order valence-electron chi connectivity index (χ2n) is 7.24. The van der Waals surface area contributed by atoms with E-state index in [0.29, 0.717) is 22.3 Å². The Bertz CT molecular complexity index is 1450. The van der Waals surface area contributed by atoms with Crippen LogP contribution in [0, 0.1) is 6.92 Å². The van der Waals surface area contributed by atoms with E-state index in [4.69, 9.17) is 4.42 Å². The van der Waals surface area contributed by atoms with Gasteiger partial charge in [-0.1, -0.05) is 0 Å². The largest absolute Gasteiger partial charge is 0.463 e. The molecule has 0 saturated carbocycles. The van der Waals surface area contributed by atoms with Crippen LogP contribution in [0.4, 0.5) is 13.9 Å². The van der Waals surface area contributed by atoms with Gasteiger partial charge in [0.15, 0.2) is 16.5 Å². The van der Waals surface area contributed by atoms with E-state index in [0.717, 1.165) is 5.69 Å². The summed E-state index contributed by atoms with van der Waals surface area (Å²) in [6.07, 6.45) is 0.359. The minimum atomic E-state index is -2.74. The van der Waals surface area contributed by atoms with Crippen LogP contribution in [0.5, 0.6) is 0 Å². The quantitative estimate of drug-likeness (QED) is 0.395. The van der Waals surface area contributed by atoms with E-state index in [1.807, 2.05) is 11.4 Å². The van der Waals surface area contributed by atoms with Crippen molar-refractivity contribution in [3.63, 3.8) is 0 Å². The maximum Gasteiger partial charge on any atom is 0.264 e. The van der Waals surface area contributed by atoms with Crippen molar-refractivity contribution in [1.82, 2.24) is 29.5 Å². The van der Waals surface area contributed by atoms with E-state index < -0.39 is 12.3 Å². The molecule has 9 nitrogen and oxygen atoms in total. The number of anilines is 1. The predicted molar refractivity (Wildman–Crippen MR) is 118 cm³/mol. The Morgan fingerprint density at radius 3 is 2.82 bits per heavy atom. The Labute approximate surface area is 189 Å². The highest BCUT2D eigenvalue weighted by Crippen LogP contribution is 2.33. The van der Waals surface area contributed by atoms with Crippen LogP contribution >= 0.6 is 11.3 Å². The summed E-state index contributed by atoms with van der Waals surface area (Å²) in [5, 5.41) is 13.6. The summed E-state index contributed by atoms with van der Waals surface area (Å²) in [7, 11) is 1.80. The summed E-state index contributed by atoms with van der Waals surface area (Å²) in [5.41, 5.74) is 2.07. The number of amides is 1. The lowest BCUT2D eigenvalue weighted by atomic mass is 10.1. The number of fused-ring (bicyclic) bond motifs is 1.